The van der Waals surface area contributed by atoms with Crippen molar-refractivity contribution in [2.45, 2.75) is 25.3 Å². The number of piperidine rings is 1. The maximum atomic E-state index is 13.0. The normalized spacial score (nSPS) is 16.3. The van der Waals surface area contributed by atoms with Gasteiger partial charge in [0.15, 0.2) is 11.5 Å². The Morgan fingerprint density at radius 2 is 1.94 bits per heavy atom. The molecule has 0 aromatic carbocycles. The number of hydrogen-bond acceptors (Lipinski definition) is 9. The number of nitrogens with two attached hydrogens (primary N) is 1. The molecule has 0 atom stereocenters. The molecule has 1 aliphatic heterocycles. The molecule has 0 bridgehead atoms. The number of nitrogen functional groups attached to an aromatic ring is 1. The molecule has 17 heteroatoms. The van der Waals surface area contributed by atoms with E-state index in [2.05, 4.69) is 30.7 Å². The Morgan fingerprint density at radius 3 is 2.56 bits per heavy atom. The molecule has 194 valence electrons. The number of pyridine rings is 1. The van der Waals surface area contributed by atoms with Crippen molar-refractivity contribution in [1.82, 2.24) is 38.9 Å². The summed E-state index contributed by atoms with van der Waals surface area (Å²) >= 11 is 0. The molecule has 5 heterocycles. The number of alkyl halides is 4. The van der Waals surface area contributed by atoms with E-state index in [1.165, 1.54) is 0 Å². The number of rotatable bonds is 4. The molecule has 0 unspecified atom stereocenters. The predicted molar refractivity (Wildman–Crippen MR) is 123 cm³/mol. The maximum absolute atomic E-state index is 13.0. The number of sulfonamides is 1. The summed E-state index contributed by atoms with van der Waals surface area (Å²) in [4.78, 5) is 8.41. The van der Waals surface area contributed by atoms with E-state index in [9.17, 15) is 26.0 Å². The van der Waals surface area contributed by atoms with Crippen LogP contribution in [0.3, 0.4) is 0 Å². The van der Waals surface area contributed by atoms with Crippen molar-refractivity contribution >= 4 is 38.5 Å². The van der Waals surface area contributed by atoms with Crippen LogP contribution in [0.5, 0.6) is 0 Å². The topological polar surface area (TPSA) is 149 Å². The molecular formula is C19H22F4N10O2S. The zero-order valence-corrected chi connectivity index (χ0v) is 19.9. The van der Waals surface area contributed by atoms with Gasteiger partial charge in [0.25, 0.3) is 5.92 Å². The Labute approximate surface area is 202 Å². The van der Waals surface area contributed by atoms with Gasteiger partial charge in [-0.05, 0) is 24.6 Å². The second-order valence-electron chi connectivity index (χ2n) is 8.00. The van der Waals surface area contributed by atoms with E-state index in [4.69, 9.17) is 5.73 Å². The van der Waals surface area contributed by atoms with Crippen molar-refractivity contribution < 1.29 is 26.0 Å². The molecule has 0 radical (unpaired) electrons. The van der Waals surface area contributed by atoms with Crippen molar-refractivity contribution in [3.8, 4) is 11.3 Å². The third kappa shape index (κ3) is 5.15. The van der Waals surface area contributed by atoms with Crippen LogP contribution in [0, 0.1) is 0 Å². The third-order valence-electron chi connectivity index (χ3n) is 5.37. The van der Waals surface area contributed by atoms with Gasteiger partial charge in [0, 0.05) is 31.8 Å². The lowest BCUT2D eigenvalue weighted by Gasteiger charge is -2.30. The van der Waals surface area contributed by atoms with Gasteiger partial charge in [-0.3, -0.25) is 0 Å². The fourth-order valence-electron chi connectivity index (χ4n) is 3.74. The number of aromatic nitrogens is 7. The lowest BCUT2D eigenvalue weighted by molar-refractivity contribution is -0.0432. The van der Waals surface area contributed by atoms with Crippen LogP contribution in [-0.4, -0.2) is 79.6 Å². The number of fused-ring (bicyclic) bond motifs is 2. The highest BCUT2D eigenvalue weighted by molar-refractivity contribution is 7.88. The summed E-state index contributed by atoms with van der Waals surface area (Å²) in [6, 6.07) is 5.02. The summed E-state index contributed by atoms with van der Waals surface area (Å²) in [5, 5.41) is 14.1. The van der Waals surface area contributed by atoms with Crippen LogP contribution in [0.25, 0.3) is 27.9 Å². The molecule has 0 saturated carbocycles. The van der Waals surface area contributed by atoms with Gasteiger partial charge in [0.05, 0.1) is 18.5 Å². The highest BCUT2D eigenvalue weighted by Crippen LogP contribution is 2.30. The Hall–Kier alpha value is -3.60. The van der Waals surface area contributed by atoms with Gasteiger partial charge in [0.2, 0.25) is 16.0 Å². The van der Waals surface area contributed by atoms with E-state index in [0.29, 0.717) is 27.3 Å². The van der Waals surface area contributed by atoms with Crippen molar-refractivity contribution in [3.63, 3.8) is 0 Å². The first kappa shape index (κ1) is 25.5. The van der Waals surface area contributed by atoms with Gasteiger partial charge in [-0.2, -0.15) is 22.8 Å². The highest BCUT2D eigenvalue weighted by atomic mass is 32.2. The van der Waals surface area contributed by atoms with Gasteiger partial charge in [-0.25, -0.2) is 26.7 Å². The zero-order chi connectivity index (χ0) is 26.3. The molecule has 1 saturated heterocycles. The predicted octanol–water partition coefficient (Wildman–Crippen LogP) is 2.23. The number of halogens is 4. The van der Waals surface area contributed by atoms with Crippen LogP contribution < -0.4 is 11.1 Å². The number of nitrogens with one attached hydrogen (secondary N) is 1. The Balaban J connectivity index is 0.000000214. The number of nitrogens with zero attached hydrogens (tertiary/aromatic N) is 8. The van der Waals surface area contributed by atoms with E-state index in [0.717, 1.165) is 10.6 Å². The van der Waals surface area contributed by atoms with Crippen molar-refractivity contribution in [3.05, 3.63) is 24.4 Å². The van der Waals surface area contributed by atoms with Gasteiger partial charge in [-0.15, -0.1) is 10.2 Å². The van der Waals surface area contributed by atoms with Crippen molar-refractivity contribution in [2.24, 2.45) is 0 Å². The van der Waals surface area contributed by atoms with Crippen LogP contribution in [0.1, 0.15) is 19.4 Å². The number of anilines is 2. The summed E-state index contributed by atoms with van der Waals surface area (Å²) in [5.74, 6) is -2.23. The smallest absolute Gasteiger partial charge is 0.336 e. The Bertz CT molecular complexity index is 1500. The SMILES string of the molecule is CNc1nc(N)nn2ccc(-c3ccc4nnn(C(F)F)c4n3)c12.CS(=O)(=O)N1CCCC(F)(F)C1. The summed E-state index contributed by atoms with van der Waals surface area (Å²) in [5.41, 5.74) is 7.73. The largest absolute Gasteiger partial charge is 0.371 e. The molecule has 4 aromatic rings. The van der Waals surface area contributed by atoms with Gasteiger partial charge in [0.1, 0.15) is 11.0 Å². The maximum Gasteiger partial charge on any atom is 0.336 e. The molecule has 0 aliphatic carbocycles. The highest BCUT2D eigenvalue weighted by Gasteiger charge is 2.38. The minimum absolute atomic E-state index is 0.00391. The lowest BCUT2D eigenvalue weighted by Crippen LogP contribution is -2.45. The molecule has 4 aromatic heterocycles. The lowest BCUT2D eigenvalue weighted by atomic mass is 10.1. The number of hydrogen-bond donors (Lipinski definition) is 2. The van der Waals surface area contributed by atoms with E-state index in [1.807, 2.05) is 0 Å². The minimum atomic E-state index is -3.44. The van der Waals surface area contributed by atoms with Crippen LogP contribution in [0.2, 0.25) is 0 Å². The molecule has 0 spiro atoms. The van der Waals surface area contributed by atoms with Crippen LogP contribution in [-0.2, 0) is 10.0 Å². The second-order valence-corrected chi connectivity index (χ2v) is 9.98. The molecule has 5 rings (SSSR count). The first-order valence-electron chi connectivity index (χ1n) is 10.6. The van der Waals surface area contributed by atoms with E-state index < -0.39 is 29.0 Å². The van der Waals surface area contributed by atoms with Crippen LogP contribution in [0.4, 0.5) is 29.3 Å². The van der Waals surface area contributed by atoms with E-state index in [1.54, 1.807) is 36.0 Å². The average Bonchev–Trinajstić information content (AvgIpc) is 3.41. The summed E-state index contributed by atoms with van der Waals surface area (Å²) in [6.45, 7) is -3.26. The monoisotopic (exact) mass is 530 g/mol. The average molecular weight is 531 g/mol. The molecule has 12 nitrogen and oxygen atoms in total. The zero-order valence-electron chi connectivity index (χ0n) is 19.1. The van der Waals surface area contributed by atoms with Gasteiger partial charge >= 0.3 is 6.55 Å². The summed E-state index contributed by atoms with van der Waals surface area (Å²) in [7, 11) is -1.74. The van der Waals surface area contributed by atoms with Gasteiger partial charge < -0.3 is 11.1 Å². The fraction of sp³-hybridized carbons (Fsp3) is 0.421. The summed E-state index contributed by atoms with van der Waals surface area (Å²) in [6.07, 6.45) is 2.67. The third-order valence-corrected chi connectivity index (χ3v) is 6.62. The first-order valence-corrected chi connectivity index (χ1v) is 12.4. The van der Waals surface area contributed by atoms with Gasteiger partial charge in [-0.1, -0.05) is 5.21 Å². The summed E-state index contributed by atoms with van der Waals surface area (Å²) < 4.78 is 75.9. The molecule has 0 amide bonds. The van der Waals surface area contributed by atoms with Crippen LogP contribution in [0.15, 0.2) is 24.4 Å². The van der Waals surface area contributed by atoms with Crippen molar-refractivity contribution in [2.75, 3.05) is 37.4 Å². The van der Waals surface area contributed by atoms with E-state index >= 15 is 0 Å². The first-order chi connectivity index (χ1) is 16.9. The molecule has 3 N–H and O–H groups in total. The Morgan fingerprint density at radius 1 is 1.19 bits per heavy atom. The fourth-order valence-corrected chi connectivity index (χ4v) is 4.63. The molecule has 1 fully saturated rings. The second kappa shape index (κ2) is 9.45. The quantitative estimate of drug-likeness (QED) is 0.379. The standard InChI is InChI=1S/C13H11F2N9.C6H11F2NO2S/c1-17-10-9-6(4-5-23(9)21-13(16)19-10)7-2-3-8-11(18-7)24(12(14)15)22-20-8;1-12(10,11)9-4-2-3-6(7,8)5-9/h2-5,12H,1H3,(H3,16,17,19,21);2-5H2,1H3. The minimum Gasteiger partial charge on any atom is -0.371 e. The Kier molecular flexibility index (Phi) is 6.70. The molecular weight excluding hydrogens is 508 g/mol. The molecule has 1 aliphatic rings. The van der Waals surface area contributed by atoms with E-state index in [-0.39, 0.29) is 36.5 Å². The van der Waals surface area contributed by atoms with Crippen molar-refractivity contribution in [1.29, 1.82) is 0 Å². The van der Waals surface area contributed by atoms with Crippen LogP contribution >= 0.6 is 0 Å². The molecule has 36 heavy (non-hydrogen) atoms.